The molecule has 0 saturated carbocycles. The third kappa shape index (κ3) is 15.5. The molecular formula is C54H67Cl2N8O11+. The zero-order valence-corrected chi connectivity index (χ0v) is 44.2. The largest absolute Gasteiger partial charge is 0.495 e. The highest BCUT2D eigenvalue weighted by Gasteiger charge is 2.47. The van der Waals surface area contributed by atoms with E-state index in [1.807, 2.05) is 12.1 Å². The van der Waals surface area contributed by atoms with Gasteiger partial charge in [0.1, 0.15) is 11.8 Å². The Kier molecular flexibility index (Phi) is 21.7. The maximum absolute atomic E-state index is 13.3. The number of rotatable bonds is 30. The highest BCUT2D eigenvalue weighted by molar-refractivity contribution is 6.37. The average molecular weight is 1080 g/mol. The Labute approximate surface area is 447 Å². The zero-order valence-electron chi connectivity index (χ0n) is 42.7. The highest BCUT2D eigenvalue weighted by Crippen LogP contribution is 2.41. The Balaban J connectivity index is 0.658. The van der Waals surface area contributed by atoms with E-state index in [1.165, 1.54) is 32.2 Å². The smallest absolute Gasteiger partial charge is 0.388 e. The number of aliphatic hydroxyl groups is 1. The predicted octanol–water partition coefficient (Wildman–Crippen LogP) is 6.69. The van der Waals surface area contributed by atoms with Crippen LogP contribution in [0, 0.1) is 11.3 Å². The summed E-state index contributed by atoms with van der Waals surface area (Å²) in [5, 5.41) is 27.6. The molecule has 1 fully saturated rings. The number of ether oxygens (including phenoxy) is 6. The van der Waals surface area contributed by atoms with Crippen LogP contribution in [0.25, 0.3) is 10.9 Å². The van der Waals surface area contributed by atoms with Gasteiger partial charge in [0, 0.05) is 76.1 Å². The second kappa shape index (κ2) is 28.7. The molecule has 3 aliphatic heterocycles. The van der Waals surface area contributed by atoms with Crippen molar-refractivity contribution >= 4 is 80.7 Å². The van der Waals surface area contributed by atoms with Crippen molar-refractivity contribution in [2.45, 2.75) is 76.7 Å². The monoisotopic (exact) mass is 1070 g/mol. The van der Waals surface area contributed by atoms with Gasteiger partial charge in [-0.1, -0.05) is 48.5 Å². The normalized spacial score (nSPS) is 16.0. The quantitative estimate of drug-likeness (QED) is 0.0315. The lowest BCUT2D eigenvalue weighted by Gasteiger charge is -2.34. The van der Waals surface area contributed by atoms with Gasteiger partial charge in [-0.2, -0.15) is 5.26 Å². The van der Waals surface area contributed by atoms with Gasteiger partial charge in [-0.25, -0.2) is 4.79 Å². The molecule has 0 bridgehead atoms. The first-order valence-electron chi connectivity index (χ1n) is 25.7. The number of amides is 4. The molecule has 19 nitrogen and oxygen atoms in total. The summed E-state index contributed by atoms with van der Waals surface area (Å²) in [5.74, 6) is -0.740. The number of hydrogen-bond acceptors (Lipinski definition) is 15. The predicted molar refractivity (Wildman–Crippen MR) is 284 cm³/mol. The number of unbranched alkanes of at least 4 members (excludes halogenated alkanes) is 5. The minimum atomic E-state index is -0.964. The summed E-state index contributed by atoms with van der Waals surface area (Å²) in [6, 6.07) is 12.8. The Morgan fingerprint density at radius 3 is 2.12 bits per heavy atom. The fourth-order valence-corrected chi connectivity index (χ4v) is 9.77. The molecule has 75 heavy (non-hydrogen) atoms. The van der Waals surface area contributed by atoms with Crippen LogP contribution in [0.1, 0.15) is 96.9 Å². The van der Waals surface area contributed by atoms with Crippen molar-refractivity contribution in [3.05, 3.63) is 75.4 Å². The van der Waals surface area contributed by atoms with Crippen molar-refractivity contribution in [2.24, 2.45) is 0 Å². The molecule has 4 aromatic rings. The Morgan fingerprint density at radius 2 is 1.44 bits per heavy atom. The number of aliphatic hydroxyl groups excluding tert-OH is 1. The third-order valence-electron chi connectivity index (χ3n) is 13.3. The minimum absolute atomic E-state index is 0.0678. The fourth-order valence-electron chi connectivity index (χ4n) is 9.26. The second-order valence-electron chi connectivity index (χ2n) is 18.5. The first-order chi connectivity index (χ1) is 36.5. The number of hydrogen-bond donors (Lipinski definition) is 4. The molecule has 4 amide bonds. The molecular weight excluding hydrogens is 1010 g/mol. The van der Waals surface area contributed by atoms with E-state index < -0.39 is 23.8 Å². The van der Waals surface area contributed by atoms with Gasteiger partial charge < -0.3 is 54.0 Å². The van der Waals surface area contributed by atoms with Crippen LogP contribution in [-0.4, -0.2) is 160 Å². The second-order valence-corrected chi connectivity index (χ2v) is 19.3. The average Bonchev–Trinajstić information content (AvgIpc) is 3.67. The summed E-state index contributed by atoms with van der Waals surface area (Å²) in [7, 11) is 3.11. The van der Waals surface area contributed by atoms with Crippen molar-refractivity contribution in [3.8, 4) is 23.3 Å². The maximum atomic E-state index is 13.3. The van der Waals surface area contributed by atoms with Gasteiger partial charge in [0.15, 0.2) is 17.5 Å². The molecule has 1 aromatic heterocycles. The highest BCUT2D eigenvalue weighted by atomic mass is 35.5. The lowest BCUT2D eigenvalue weighted by atomic mass is 10.1. The van der Waals surface area contributed by atoms with Crippen LogP contribution in [0.2, 0.25) is 10.0 Å². The molecule has 4 N–H and O–H groups in total. The molecule has 1 atom stereocenters. The van der Waals surface area contributed by atoms with Crippen molar-refractivity contribution in [3.63, 3.8) is 0 Å². The SMILES string of the molecule is COc1cc(Nc2c(C#N)cnc3cc(OCCCN4CCN(CCCCCCOCCOCCOCCCCCC(=O)Nc5cccc6c5C(=O)N(C5CCC(=O)[NH+]=C5O)C6=O)CC4)c(OC)cc23)c(Cl)cc1Cl. The number of anilines is 3. The number of carbonyl (C=O) groups is 4. The van der Waals surface area contributed by atoms with Gasteiger partial charge in [-0.15, -0.1) is 4.99 Å². The standard InChI is InChI=1S/C54H66Cl2N8O11/c1-70-45-33-43(39(55)31-40(45)56)60-51-36(34-57)35-58-42-32-47(46(71-2)30-38(42)51)75-25-11-18-63-21-19-62(20-22-63)17-7-3-4-8-23-72-26-28-74-29-27-73-24-9-5-6-14-48(65)59-41-13-10-12-37-50(41)54(69)64(53(37)68)44-15-16-49(66)61-52(44)67/h10,12-13,30-33,35,44H,3-9,11,14-29H2,1-2H3,(H,58,60)(H,59,65)(H,61,66,67)/p+1. The first-order valence-corrected chi connectivity index (χ1v) is 26.4. The number of methoxy groups -OCH3 is 2. The summed E-state index contributed by atoms with van der Waals surface area (Å²) in [5.41, 5.74) is 2.49. The molecule has 0 spiro atoms. The van der Waals surface area contributed by atoms with Crippen LogP contribution in [0.3, 0.4) is 0 Å². The number of pyridine rings is 1. The van der Waals surface area contributed by atoms with E-state index in [2.05, 4.69) is 36.5 Å². The lowest BCUT2D eigenvalue weighted by Crippen LogP contribution is -2.82. The number of benzene rings is 3. The summed E-state index contributed by atoms with van der Waals surface area (Å²) in [6.45, 7) is 10.1. The number of nitrogens with zero attached hydrogens (tertiary/aromatic N) is 5. The molecule has 1 saturated heterocycles. The molecule has 3 aliphatic rings. The van der Waals surface area contributed by atoms with E-state index in [-0.39, 0.29) is 47.9 Å². The molecule has 3 aromatic carbocycles. The van der Waals surface area contributed by atoms with Crippen molar-refractivity contribution in [1.82, 2.24) is 19.7 Å². The summed E-state index contributed by atoms with van der Waals surface area (Å²) in [4.78, 5) is 63.5. The van der Waals surface area contributed by atoms with E-state index in [1.54, 1.807) is 31.4 Å². The third-order valence-corrected chi connectivity index (χ3v) is 13.9. The molecule has 21 heteroatoms. The van der Waals surface area contributed by atoms with Crippen LogP contribution in [0.5, 0.6) is 17.2 Å². The van der Waals surface area contributed by atoms with Crippen molar-refractivity contribution in [1.29, 1.82) is 5.26 Å². The Hall–Kier alpha value is -6.11. The molecule has 0 radical (unpaired) electrons. The van der Waals surface area contributed by atoms with Crippen LogP contribution in [0.15, 0.2) is 48.7 Å². The number of nitrogens with one attached hydrogen (secondary N) is 3. The van der Waals surface area contributed by atoms with Gasteiger partial charge in [-0.3, -0.25) is 24.3 Å². The van der Waals surface area contributed by atoms with E-state index in [4.69, 9.17) is 51.6 Å². The zero-order chi connectivity index (χ0) is 53.1. The van der Waals surface area contributed by atoms with Crippen LogP contribution >= 0.6 is 23.2 Å². The van der Waals surface area contributed by atoms with Gasteiger partial charge in [0.2, 0.25) is 5.91 Å². The Bertz CT molecular complexity index is 2710. The number of aromatic nitrogens is 1. The Morgan fingerprint density at radius 1 is 0.773 bits per heavy atom. The van der Waals surface area contributed by atoms with Crippen molar-refractivity contribution < 1.29 is 57.7 Å². The number of piperazine rings is 1. The van der Waals surface area contributed by atoms with E-state index in [9.17, 15) is 29.5 Å². The van der Waals surface area contributed by atoms with Gasteiger partial charge in [0.25, 0.3) is 11.8 Å². The fraction of sp³-hybridized carbons (Fsp3) is 0.500. The number of halogens is 2. The summed E-state index contributed by atoms with van der Waals surface area (Å²) >= 11 is 12.7. The topological polar surface area (TPSA) is 228 Å². The van der Waals surface area contributed by atoms with Gasteiger partial charge in [0.05, 0.1) is 103 Å². The van der Waals surface area contributed by atoms with Crippen LogP contribution in [-0.2, 0) is 23.8 Å². The molecule has 0 aliphatic carbocycles. The summed E-state index contributed by atoms with van der Waals surface area (Å²) < 4.78 is 34.4. The number of imide groups is 1. The molecule has 1 unspecified atom stereocenters. The molecule has 402 valence electrons. The summed E-state index contributed by atoms with van der Waals surface area (Å²) in [6.07, 6.45) is 9.51. The number of nitriles is 1. The molecule has 7 rings (SSSR count). The number of fused-ring (bicyclic) bond motifs is 2. The van der Waals surface area contributed by atoms with Gasteiger partial charge >= 0.3 is 11.8 Å². The lowest BCUT2D eigenvalue weighted by molar-refractivity contribution is -0.394. The van der Waals surface area contributed by atoms with Gasteiger partial charge in [-0.05, 0) is 69.3 Å². The van der Waals surface area contributed by atoms with E-state index >= 15 is 0 Å². The van der Waals surface area contributed by atoms with E-state index in [0.29, 0.717) is 101 Å². The minimum Gasteiger partial charge on any atom is -0.495 e. The van der Waals surface area contributed by atoms with E-state index in [0.717, 1.165) is 82.9 Å². The number of carbonyl (C=O) groups excluding carboxylic acids is 4. The first kappa shape index (κ1) is 56.6. The van der Waals surface area contributed by atoms with Crippen molar-refractivity contribution in [2.75, 3.05) is 110 Å². The van der Waals surface area contributed by atoms with Crippen LogP contribution in [0.4, 0.5) is 17.1 Å². The maximum Gasteiger partial charge on any atom is 0.388 e. The molecule has 4 heterocycles. The van der Waals surface area contributed by atoms with Crippen LogP contribution < -0.4 is 29.8 Å².